The Labute approximate surface area is 392 Å². The van der Waals surface area contributed by atoms with Gasteiger partial charge in [-0.2, -0.15) is 52.7 Å². The predicted molar refractivity (Wildman–Crippen MR) is 186 cm³/mol. The van der Waals surface area contributed by atoms with Crippen molar-refractivity contribution in [1.82, 2.24) is 5.32 Å². The standard InChI is InChI=1S/C14H20F11NO8Si.C9H7F11O6.C6H17NO3Si/c1-28-35(29-2,30-3)6-4-5-26-9(27)7-31-8-10(15,16)32-14(24,25)34-12(19,20)11(17,18)33-13(21,22)23;1-22-4(21)2-23-3-5(10,11)24-9(19,20)26-7(14,15)6(12,13)25-8(16,17)18;1-8-11(9-2,10-3)6-4-5-7/h4-8H2,1-3H3,(H,26,27);2-3H2,1H3;4-7H2,1-3H3. The molecule has 0 unspecified atom stereocenters. The number of rotatable bonds is 33. The molecule has 72 heavy (non-hydrogen) atoms. The molecule has 0 bridgehead atoms. The molecule has 43 heteroatoms. The Balaban J connectivity index is -0.00000112. The van der Waals surface area contributed by atoms with E-state index >= 15 is 0 Å². The molecule has 0 saturated heterocycles. The number of halogens is 22. The molecule has 434 valence electrons. The fraction of sp³-hybridized carbons (Fsp3) is 0.931. The first-order valence-electron chi connectivity index (χ1n) is 18.1. The van der Waals surface area contributed by atoms with Gasteiger partial charge in [-0.15, -0.1) is 43.9 Å². The normalized spacial score (nSPS) is 14.0. The molecule has 0 aliphatic carbocycles. The maximum absolute atomic E-state index is 13.3. The summed E-state index contributed by atoms with van der Waals surface area (Å²) in [6.07, 6.45) is -61.7. The number of methoxy groups -OCH3 is 1. The second kappa shape index (κ2) is 30.1. The molecule has 0 fully saturated rings. The molecule has 0 aliphatic heterocycles. The van der Waals surface area contributed by atoms with E-state index in [2.05, 4.69) is 29.0 Å². The number of amides is 1. The third-order valence-electron chi connectivity index (χ3n) is 6.95. The highest BCUT2D eigenvalue weighted by Gasteiger charge is 2.70. The molecule has 0 aromatic heterocycles. The minimum Gasteiger partial charge on any atom is -0.467 e. The van der Waals surface area contributed by atoms with Crippen LogP contribution in [0.25, 0.3) is 0 Å². The molecule has 0 radical (unpaired) electrons. The van der Waals surface area contributed by atoms with Gasteiger partial charge in [-0.25, -0.2) is 33.2 Å². The van der Waals surface area contributed by atoms with E-state index in [1.54, 1.807) is 30.8 Å². The second-order valence-electron chi connectivity index (χ2n) is 12.3. The van der Waals surface area contributed by atoms with Gasteiger partial charge in [-0.05, 0) is 19.4 Å². The first kappa shape index (κ1) is 73.5. The lowest BCUT2D eigenvalue weighted by Crippen LogP contribution is -2.52. The second-order valence-corrected chi connectivity index (χ2v) is 18.5. The van der Waals surface area contributed by atoms with Crippen molar-refractivity contribution in [2.75, 3.05) is 89.3 Å². The van der Waals surface area contributed by atoms with E-state index in [1.165, 1.54) is 21.3 Å². The van der Waals surface area contributed by atoms with Gasteiger partial charge >= 0.3 is 85.5 Å². The van der Waals surface area contributed by atoms with Gasteiger partial charge in [0.15, 0.2) is 0 Å². The van der Waals surface area contributed by atoms with Gasteiger partial charge in [0.05, 0.1) is 7.11 Å². The van der Waals surface area contributed by atoms with E-state index in [0.29, 0.717) is 6.54 Å². The average molecular weight is 1170 g/mol. The Morgan fingerprint density at radius 1 is 0.444 bits per heavy atom. The highest BCUT2D eigenvalue weighted by atomic mass is 28.4. The zero-order valence-electron chi connectivity index (χ0n) is 37.4. The highest BCUT2D eigenvalue weighted by Crippen LogP contribution is 2.46. The van der Waals surface area contributed by atoms with Crippen molar-refractivity contribution in [3.05, 3.63) is 0 Å². The number of ether oxygens (including phenoxy) is 9. The first-order chi connectivity index (χ1) is 32.2. The Bertz CT molecular complexity index is 1540. The summed E-state index contributed by atoms with van der Waals surface area (Å²) in [7, 11) is 4.31. The van der Waals surface area contributed by atoms with E-state index in [0.717, 1.165) is 19.6 Å². The summed E-state index contributed by atoms with van der Waals surface area (Å²) < 4.78 is 331. The SMILES string of the molecule is COC(=O)COCC(F)(F)OC(F)(F)OC(F)(F)C(F)(F)OC(F)(F)F.CO[Si](CCCN)(OC)OC.CO[Si](CCCNC(=O)COCC(F)(F)OC(F)(F)OC(F)(F)C(F)(F)OC(F)(F)F)(OC)OC. The van der Waals surface area contributed by atoms with E-state index in [9.17, 15) is 106 Å². The van der Waals surface area contributed by atoms with Gasteiger partial charge < -0.3 is 51.8 Å². The van der Waals surface area contributed by atoms with Crippen LogP contribution in [0.1, 0.15) is 12.8 Å². The van der Waals surface area contributed by atoms with E-state index in [-0.39, 0.29) is 19.0 Å². The highest BCUT2D eigenvalue weighted by molar-refractivity contribution is 6.60. The summed E-state index contributed by atoms with van der Waals surface area (Å²) in [5.74, 6) is -2.31. The number of nitrogens with one attached hydrogen (secondary N) is 1. The molecular weight excluding hydrogens is 1120 g/mol. The molecule has 0 spiro atoms. The van der Waals surface area contributed by atoms with Crippen LogP contribution < -0.4 is 11.1 Å². The van der Waals surface area contributed by atoms with Crippen molar-refractivity contribution >= 4 is 29.5 Å². The summed E-state index contributed by atoms with van der Waals surface area (Å²) in [5.41, 5.74) is 5.36. The van der Waals surface area contributed by atoms with Gasteiger partial charge in [-0.1, -0.05) is 0 Å². The van der Waals surface area contributed by atoms with Gasteiger partial charge in [-0.3, -0.25) is 4.79 Å². The lowest BCUT2D eigenvalue weighted by atomic mass is 10.4. The lowest BCUT2D eigenvalue weighted by Gasteiger charge is -2.30. The monoisotopic (exact) mass is 1170 g/mol. The summed E-state index contributed by atoms with van der Waals surface area (Å²) in [4.78, 5) is 22.0. The fourth-order valence-corrected chi connectivity index (χ4v) is 7.34. The molecule has 19 nitrogen and oxygen atoms in total. The summed E-state index contributed by atoms with van der Waals surface area (Å²) in [6.45, 7) is -6.22. The maximum Gasteiger partial charge on any atom is 0.527 e. The molecule has 0 atom stereocenters. The number of esters is 1. The predicted octanol–water partition coefficient (Wildman–Crippen LogP) is 6.57. The number of nitrogens with two attached hydrogens (primary N) is 1. The van der Waals surface area contributed by atoms with Crippen LogP contribution in [0.15, 0.2) is 0 Å². The Kier molecular flexibility index (Phi) is 30.7. The number of hydrogen-bond acceptors (Lipinski definition) is 18. The average Bonchev–Trinajstić information content (AvgIpc) is 3.18. The van der Waals surface area contributed by atoms with Crippen molar-refractivity contribution in [2.24, 2.45) is 5.73 Å². The van der Waals surface area contributed by atoms with E-state index < -0.39 is 118 Å². The van der Waals surface area contributed by atoms with Gasteiger partial charge in [0.25, 0.3) is 0 Å². The van der Waals surface area contributed by atoms with Crippen molar-refractivity contribution < 1.29 is 175 Å². The zero-order chi connectivity index (χ0) is 57.5. The van der Waals surface area contributed by atoms with Crippen LogP contribution in [0, 0.1) is 0 Å². The van der Waals surface area contributed by atoms with E-state index in [4.69, 9.17) is 32.3 Å². The molecule has 0 saturated carbocycles. The maximum atomic E-state index is 13.3. The third-order valence-corrected chi connectivity index (χ3v) is 12.6. The number of alkyl halides is 22. The van der Waals surface area contributed by atoms with Crippen LogP contribution in [0.2, 0.25) is 12.1 Å². The van der Waals surface area contributed by atoms with Crippen LogP contribution in [-0.2, 0) is 78.8 Å². The van der Waals surface area contributed by atoms with Crippen molar-refractivity contribution in [3.8, 4) is 0 Å². The third kappa shape index (κ3) is 30.6. The first-order valence-corrected chi connectivity index (χ1v) is 22.0. The van der Waals surface area contributed by atoms with Crippen LogP contribution >= 0.6 is 0 Å². The van der Waals surface area contributed by atoms with Crippen LogP contribution in [-0.4, -0.2) is 181 Å². The lowest BCUT2D eigenvalue weighted by molar-refractivity contribution is -0.573. The number of carbonyl (C=O) groups excluding carboxylic acids is 2. The zero-order valence-corrected chi connectivity index (χ0v) is 39.4. The minimum absolute atomic E-state index is 0.0604. The molecular formula is C29H44F22N2O17Si2. The Morgan fingerprint density at radius 2 is 0.750 bits per heavy atom. The van der Waals surface area contributed by atoms with Gasteiger partial charge in [0.2, 0.25) is 5.91 Å². The topological polar surface area (TPSA) is 211 Å². The summed E-state index contributed by atoms with van der Waals surface area (Å²) >= 11 is 0. The Hall–Kier alpha value is -2.77. The molecule has 0 rings (SSSR count). The molecule has 0 aromatic rings. The van der Waals surface area contributed by atoms with Crippen LogP contribution in [0.4, 0.5) is 96.6 Å². The largest absolute Gasteiger partial charge is 0.527 e. The van der Waals surface area contributed by atoms with Crippen LogP contribution in [0.5, 0.6) is 0 Å². The molecule has 0 heterocycles. The number of hydrogen-bond donors (Lipinski definition) is 2. The van der Waals surface area contributed by atoms with Crippen molar-refractivity contribution in [2.45, 2.75) is 86.9 Å². The smallest absolute Gasteiger partial charge is 0.467 e. The van der Waals surface area contributed by atoms with E-state index in [1.807, 2.05) is 9.47 Å². The van der Waals surface area contributed by atoms with Crippen LogP contribution in [0.3, 0.4) is 0 Å². The summed E-state index contributed by atoms with van der Waals surface area (Å²) in [6, 6.07) is 1.02. The molecule has 1 amide bonds. The molecule has 3 N–H and O–H groups in total. The van der Waals surface area contributed by atoms with Gasteiger partial charge in [0.1, 0.15) is 26.4 Å². The fourth-order valence-electron chi connectivity index (χ4n) is 3.86. The molecule has 0 aliphatic rings. The Morgan fingerprint density at radius 3 is 1.04 bits per heavy atom. The van der Waals surface area contributed by atoms with Crippen molar-refractivity contribution in [3.63, 3.8) is 0 Å². The number of carbonyl (C=O) groups is 2. The summed E-state index contributed by atoms with van der Waals surface area (Å²) in [5, 5.41) is 2.17. The molecule has 0 aromatic carbocycles. The van der Waals surface area contributed by atoms with Gasteiger partial charge in [0, 0.05) is 61.3 Å². The van der Waals surface area contributed by atoms with Crippen molar-refractivity contribution in [1.29, 1.82) is 0 Å². The minimum atomic E-state index is -6.78. The quantitative estimate of drug-likeness (QED) is 0.0234.